The Morgan fingerprint density at radius 1 is 1.29 bits per heavy atom. The first kappa shape index (κ1) is 17.4. The third kappa shape index (κ3) is 3.63. The van der Waals surface area contributed by atoms with Crippen molar-refractivity contribution in [2.45, 2.75) is 56.1 Å². The minimum Gasteiger partial charge on any atom is -0.389 e. The number of amides is 1. The molecule has 1 amide bonds. The van der Waals surface area contributed by atoms with Crippen molar-refractivity contribution in [3.8, 4) is 0 Å². The highest BCUT2D eigenvalue weighted by Gasteiger charge is 2.32. The van der Waals surface area contributed by atoms with Gasteiger partial charge in [-0.2, -0.15) is 0 Å². The van der Waals surface area contributed by atoms with Crippen molar-refractivity contribution < 1.29 is 18.3 Å². The molecule has 0 spiro atoms. The Hall–Kier alpha value is -1.44. The van der Waals surface area contributed by atoms with Crippen LogP contribution in [0.1, 0.15) is 43.7 Å². The van der Waals surface area contributed by atoms with Crippen molar-refractivity contribution in [3.05, 3.63) is 29.3 Å². The third-order valence-electron chi connectivity index (χ3n) is 5.07. The fourth-order valence-electron chi connectivity index (χ4n) is 3.49. The smallest absolute Gasteiger partial charge is 0.240 e. The summed E-state index contributed by atoms with van der Waals surface area (Å²) in [5.74, 6) is -0.00418. The fourth-order valence-corrected chi connectivity index (χ4v) is 4.66. The maximum Gasteiger partial charge on any atom is 0.240 e. The van der Waals surface area contributed by atoms with Gasteiger partial charge in [0.2, 0.25) is 15.9 Å². The molecule has 6 nitrogen and oxygen atoms in total. The number of carbonyl (C=O) groups is 1. The average molecular weight is 352 g/mol. The number of benzene rings is 1. The van der Waals surface area contributed by atoms with Gasteiger partial charge in [-0.05, 0) is 42.5 Å². The summed E-state index contributed by atoms with van der Waals surface area (Å²) in [6.07, 6.45) is 3.86. The van der Waals surface area contributed by atoms with Crippen LogP contribution in [0.3, 0.4) is 0 Å². The highest BCUT2D eigenvalue weighted by Crippen LogP contribution is 2.29. The Morgan fingerprint density at radius 2 is 2.00 bits per heavy atom. The second-order valence-corrected chi connectivity index (χ2v) is 8.64. The van der Waals surface area contributed by atoms with Gasteiger partial charge in [-0.1, -0.05) is 18.9 Å². The van der Waals surface area contributed by atoms with Gasteiger partial charge in [0, 0.05) is 26.6 Å². The zero-order valence-electron chi connectivity index (χ0n) is 13.9. The molecular formula is C17H24N2O4S. The predicted octanol–water partition coefficient (Wildman–Crippen LogP) is 1.17. The maximum absolute atomic E-state index is 12.5. The minimum atomic E-state index is -3.67. The molecule has 0 saturated heterocycles. The van der Waals surface area contributed by atoms with Gasteiger partial charge in [-0.15, -0.1) is 0 Å². The van der Waals surface area contributed by atoms with Crippen LogP contribution < -0.4 is 4.72 Å². The van der Waals surface area contributed by atoms with E-state index in [1.54, 1.807) is 17.0 Å². The van der Waals surface area contributed by atoms with Gasteiger partial charge < -0.3 is 10.0 Å². The van der Waals surface area contributed by atoms with E-state index >= 15 is 0 Å². The van der Waals surface area contributed by atoms with E-state index in [4.69, 9.17) is 0 Å². The molecular weight excluding hydrogens is 328 g/mol. The van der Waals surface area contributed by atoms with Crippen LogP contribution in [0.4, 0.5) is 0 Å². The molecule has 1 aromatic rings. The Kier molecular flexibility index (Phi) is 4.68. The lowest BCUT2D eigenvalue weighted by molar-refractivity contribution is -0.129. The van der Waals surface area contributed by atoms with Gasteiger partial charge in [0.25, 0.3) is 0 Å². The molecule has 1 fully saturated rings. The molecule has 1 saturated carbocycles. The fraction of sp³-hybridized carbons (Fsp3) is 0.588. The van der Waals surface area contributed by atoms with Gasteiger partial charge in [-0.3, -0.25) is 4.79 Å². The summed E-state index contributed by atoms with van der Waals surface area (Å²) in [6, 6.07) is 5.07. The lowest BCUT2D eigenvalue weighted by Gasteiger charge is -2.28. The largest absolute Gasteiger partial charge is 0.389 e. The number of fused-ring (bicyclic) bond motifs is 1. The second-order valence-electron chi connectivity index (χ2n) is 6.88. The normalized spacial score (nSPS) is 20.0. The van der Waals surface area contributed by atoms with Crippen molar-refractivity contribution in [1.29, 1.82) is 0 Å². The van der Waals surface area contributed by atoms with Crippen LogP contribution in [0.5, 0.6) is 0 Å². The van der Waals surface area contributed by atoms with E-state index < -0.39 is 15.6 Å². The zero-order chi connectivity index (χ0) is 17.4. The quantitative estimate of drug-likeness (QED) is 0.852. The van der Waals surface area contributed by atoms with Crippen molar-refractivity contribution in [2.75, 3.05) is 13.1 Å². The summed E-state index contributed by atoms with van der Waals surface area (Å²) in [5.41, 5.74) is 1.03. The van der Waals surface area contributed by atoms with Crippen molar-refractivity contribution in [1.82, 2.24) is 9.62 Å². The van der Waals surface area contributed by atoms with E-state index in [1.165, 1.54) is 6.92 Å². The number of nitrogens with one attached hydrogen (secondary N) is 1. The SMILES string of the molecule is CC(=O)N1CCc2ccc(S(=O)(=O)NCC3(O)CCCC3)cc2C1. The summed E-state index contributed by atoms with van der Waals surface area (Å²) in [5, 5.41) is 10.3. The first-order valence-electron chi connectivity index (χ1n) is 8.38. The summed E-state index contributed by atoms with van der Waals surface area (Å²) in [6.45, 7) is 2.68. The first-order chi connectivity index (χ1) is 11.3. The standard InChI is InChI=1S/C17H24N2O4S/c1-13(20)19-9-6-14-4-5-16(10-15(14)11-19)24(22,23)18-12-17(21)7-2-3-8-17/h4-5,10,18,21H,2-3,6-9,11-12H2,1H3. The maximum atomic E-state index is 12.5. The Labute approximate surface area is 142 Å². The molecule has 0 atom stereocenters. The number of sulfonamides is 1. The average Bonchev–Trinajstić information content (AvgIpc) is 2.99. The topological polar surface area (TPSA) is 86.7 Å². The second kappa shape index (κ2) is 6.46. The molecule has 0 aromatic heterocycles. The lowest BCUT2D eigenvalue weighted by atomic mass is 10.00. The molecule has 132 valence electrons. The minimum absolute atomic E-state index is 0.00418. The molecule has 2 N–H and O–H groups in total. The van der Waals surface area contributed by atoms with Gasteiger partial charge in [0.05, 0.1) is 10.5 Å². The highest BCUT2D eigenvalue weighted by molar-refractivity contribution is 7.89. The molecule has 7 heteroatoms. The number of aliphatic hydroxyl groups is 1. The van der Waals surface area contributed by atoms with Crippen molar-refractivity contribution in [2.24, 2.45) is 0 Å². The Morgan fingerprint density at radius 3 is 2.67 bits per heavy atom. The van der Waals surface area contributed by atoms with E-state index in [-0.39, 0.29) is 17.3 Å². The molecule has 2 aliphatic rings. The summed E-state index contributed by atoms with van der Waals surface area (Å²) >= 11 is 0. The van der Waals surface area contributed by atoms with E-state index in [0.29, 0.717) is 25.9 Å². The molecule has 0 bridgehead atoms. The molecule has 0 unspecified atom stereocenters. The van der Waals surface area contributed by atoms with Crippen LogP contribution in [-0.2, 0) is 27.8 Å². The van der Waals surface area contributed by atoms with Crippen LogP contribution in [0.15, 0.2) is 23.1 Å². The Bertz CT molecular complexity index is 739. The monoisotopic (exact) mass is 352 g/mol. The van der Waals surface area contributed by atoms with Crippen molar-refractivity contribution >= 4 is 15.9 Å². The summed E-state index contributed by atoms with van der Waals surface area (Å²) in [4.78, 5) is 13.4. The van der Waals surface area contributed by atoms with Crippen LogP contribution >= 0.6 is 0 Å². The molecule has 24 heavy (non-hydrogen) atoms. The first-order valence-corrected chi connectivity index (χ1v) is 9.87. The molecule has 1 aliphatic carbocycles. The van der Waals surface area contributed by atoms with Gasteiger partial charge in [0.1, 0.15) is 0 Å². The number of hydrogen-bond donors (Lipinski definition) is 2. The van der Waals surface area contributed by atoms with Crippen molar-refractivity contribution in [3.63, 3.8) is 0 Å². The number of rotatable bonds is 4. The summed E-state index contributed by atoms with van der Waals surface area (Å²) in [7, 11) is -3.67. The molecule has 1 aromatic carbocycles. The van der Waals surface area contributed by atoms with Crippen LogP contribution in [0.2, 0.25) is 0 Å². The van der Waals surface area contributed by atoms with Crippen LogP contribution in [0, 0.1) is 0 Å². The number of carbonyl (C=O) groups excluding carboxylic acids is 1. The molecule has 3 rings (SSSR count). The molecule has 1 heterocycles. The molecule has 0 radical (unpaired) electrons. The van der Waals surface area contributed by atoms with E-state index in [2.05, 4.69) is 4.72 Å². The van der Waals surface area contributed by atoms with Gasteiger partial charge in [0.15, 0.2) is 0 Å². The van der Waals surface area contributed by atoms with Crippen LogP contribution in [0.25, 0.3) is 0 Å². The Balaban J connectivity index is 1.76. The number of hydrogen-bond acceptors (Lipinski definition) is 4. The number of nitrogens with zero attached hydrogens (tertiary/aromatic N) is 1. The zero-order valence-corrected chi connectivity index (χ0v) is 14.7. The van der Waals surface area contributed by atoms with E-state index in [9.17, 15) is 18.3 Å². The lowest BCUT2D eigenvalue weighted by Crippen LogP contribution is -2.40. The molecule has 1 aliphatic heterocycles. The summed E-state index contributed by atoms with van der Waals surface area (Å²) < 4.78 is 27.6. The van der Waals surface area contributed by atoms with Crippen LogP contribution in [-0.4, -0.2) is 43.0 Å². The van der Waals surface area contributed by atoms with E-state index in [1.807, 2.05) is 6.07 Å². The predicted molar refractivity (Wildman–Crippen MR) is 89.8 cm³/mol. The van der Waals surface area contributed by atoms with E-state index in [0.717, 1.165) is 30.4 Å². The van der Waals surface area contributed by atoms with Gasteiger partial charge in [-0.25, -0.2) is 13.1 Å². The van der Waals surface area contributed by atoms with Gasteiger partial charge >= 0.3 is 0 Å². The highest BCUT2D eigenvalue weighted by atomic mass is 32.2. The third-order valence-corrected chi connectivity index (χ3v) is 6.47.